The predicted octanol–water partition coefficient (Wildman–Crippen LogP) is 2.52. The molecule has 1 aliphatic heterocycles. The number of nitrogens with zero attached hydrogens (tertiary/aromatic N) is 1. The first kappa shape index (κ1) is 11.0. The minimum Gasteiger partial charge on any atom is -0.325 e. The van der Waals surface area contributed by atoms with Crippen LogP contribution in [-0.4, -0.2) is 29.6 Å². The van der Waals surface area contributed by atoms with E-state index in [1.54, 1.807) is 0 Å². The zero-order valence-corrected chi connectivity index (χ0v) is 10.5. The van der Waals surface area contributed by atoms with Crippen molar-refractivity contribution in [1.29, 1.82) is 0 Å². The third-order valence-corrected chi connectivity index (χ3v) is 5.35. The molecule has 1 heterocycles. The molecule has 0 aromatic carbocycles. The Bertz CT molecular complexity index is 247. The van der Waals surface area contributed by atoms with E-state index in [2.05, 4.69) is 4.90 Å². The molecule has 3 fully saturated rings. The summed E-state index contributed by atoms with van der Waals surface area (Å²) in [5, 5.41) is 0. The van der Waals surface area contributed by atoms with Gasteiger partial charge in [-0.3, -0.25) is 0 Å². The summed E-state index contributed by atoms with van der Waals surface area (Å²) in [5.74, 6) is 1.03. The maximum Gasteiger partial charge on any atom is 0.0166 e. The smallest absolute Gasteiger partial charge is 0.0166 e. The lowest BCUT2D eigenvalue weighted by Crippen LogP contribution is -2.51. The molecule has 2 unspecified atom stereocenters. The fourth-order valence-electron chi connectivity index (χ4n) is 4.08. The van der Waals surface area contributed by atoms with Gasteiger partial charge in [-0.15, -0.1) is 0 Å². The van der Waals surface area contributed by atoms with Gasteiger partial charge in [0.05, 0.1) is 0 Å². The Balaban J connectivity index is 1.53. The minimum absolute atomic E-state index is 0.228. The van der Waals surface area contributed by atoms with E-state index in [1.165, 1.54) is 70.9 Å². The van der Waals surface area contributed by atoms with Crippen LogP contribution in [0.1, 0.15) is 57.8 Å². The Labute approximate surface area is 99.6 Å². The van der Waals surface area contributed by atoms with Crippen LogP contribution in [0.4, 0.5) is 0 Å². The Hall–Kier alpha value is -0.0800. The van der Waals surface area contributed by atoms with Gasteiger partial charge in [-0.25, -0.2) is 0 Å². The first-order chi connectivity index (χ1) is 7.77. The van der Waals surface area contributed by atoms with Crippen molar-refractivity contribution in [3.63, 3.8) is 0 Å². The molecule has 0 bridgehead atoms. The van der Waals surface area contributed by atoms with E-state index in [0.717, 1.165) is 12.0 Å². The highest BCUT2D eigenvalue weighted by Gasteiger charge is 2.37. The Morgan fingerprint density at radius 2 is 1.88 bits per heavy atom. The van der Waals surface area contributed by atoms with E-state index in [9.17, 15) is 0 Å². The topological polar surface area (TPSA) is 29.3 Å². The molecular weight excluding hydrogens is 196 g/mol. The van der Waals surface area contributed by atoms with Crippen LogP contribution < -0.4 is 5.73 Å². The second-order valence-electron chi connectivity index (χ2n) is 6.40. The Morgan fingerprint density at radius 1 is 1.06 bits per heavy atom. The molecule has 2 saturated carbocycles. The molecule has 1 saturated heterocycles. The molecule has 0 spiro atoms. The predicted molar refractivity (Wildman–Crippen MR) is 67.3 cm³/mol. The van der Waals surface area contributed by atoms with E-state index >= 15 is 0 Å². The minimum atomic E-state index is 0.228. The molecule has 16 heavy (non-hydrogen) atoms. The Morgan fingerprint density at radius 3 is 2.62 bits per heavy atom. The van der Waals surface area contributed by atoms with E-state index in [0.29, 0.717) is 0 Å². The van der Waals surface area contributed by atoms with Crippen LogP contribution in [0.2, 0.25) is 0 Å². The number of fused-ring (bicyclic) bond motifs is 1. The molecule has 2 aliphatic carbocycles. The molecule has 2 N–H and O–H groups in total. The zero-order valence-electron chi connectivity index (χ0n) is 10.5. The largest absolute Gasteiger partial charge is 0.325 e. The first-order valence-corrected chi connectivity index (χ1v) is 7.30. The van der Waals surface area contributed by atoms with Crippen molar-refractivity contribution in [3.05, 3.63) is 0 Å². The van der Waals surface area contributed by atoms with Gasteiger partial charge in [0, 0.05) is 18.1 Å². The average Bonchev–Trinajstić information content (AvgIpc) is 2.72. The quantitative estimate of drug-likeness (QED) is 0.795. The van der Waals surface area contributed by atoms with E-state index in [1.807, 2.05) is 0 Å². The van der Waals surface area contributed by atoms with Gasteiger partial charge in [-0.05, 0) is 63.8 Å². The van der Waals surface area contributed by atoms with Crippen LogP contribution >= 0.6 is 0 Å². The van der Waals surface area contributed by atoms with Gasteiger partial charge in [0.2, 0.25) is 0 Å². The lowest BCUT2D eigenvalue weighted by atomic mass is 9.75. The molecule has 2 heteroatoms. The van der Waals surface area contributed by atoms with Crippen molar-refractivity contribution in [2.45, 2.75) is 69.4 Å². The molecule has 0 aromatic rings. The summed E-state index contributed by atoms with van der Waals surface area (Å²) in [5.41, 5.74) is 6.56. The van der Waals surface area contributed by atoms with E-state index < -0.39 is 0 Å². The number of likely N-dealkylation sites (tertiary alicyclic amines) is 1. The van der Waals surface area contributed by atoms with Gasteiger partial charge < -0.3 is 10.6 Å². The average molecular weight is 222 g/mol. The monoisotopic (exact) mass is 222 g/mol. The fourth-order valence-corrected chi connectivity index (χ4v) is 4.08. The molecule has 0 amide bonds. The highest BCUT2D eigenvalue weighted by Crippen LogP contribution is 2.38. The first-order valence-electron chi connectivity index (χ1n) is 7.30. The van der Waals surface area contributed by atoms with Crippen LogP contribution in [0.15, 0.2) is 0 Å². The lowest BCUT2D eigenvalue weighted by molar-refractivity contribution is 0.0917. The molecule has 3 rings (SSSR count). The SMILES string of the molecule is NC1(CCN2CCCC3CCCC32)CCC1. The summed E-state index contributed by atoms with van der Waals surface area (Å²) < 4.78 is 0. The summed E-state index contributed by atoms with van der Waals surface area (Å²) in [7, 11) is 0. The van der Waals surface area contributed by atoms with Crippen molar-refractivity contribution < 1.29 is 0 Å². The van der Waals surface area contributed by atoms with Crippen molar-refractivity contribution in [3.8, 4) is 0 Å². The number of hydrogen-bond acceptors (Lipinski definition) is 2. The van der Waals surface area contributed by atoms with Crippen LogP contribution in [0.3, 0.4) is 0 Å². The van der Waals surface area contributed by atoms with Gasteiger partial charge in [0.15, 0.2) is 0 Å². The highest BCUT2D eigenvalue weighted by molar-refractivity contribution is 4.95. The lowest BCUT2D eigenvalue weighted by Gasteiger charge is -2.43. The third-order valence-electron chi connectivity index (χ3n) is 5.35. The molecule has 0 aromatic heterocycles. The standard InChI is InChI=1S/C14H26N2/c15-14(7-3-8-14)9-11-16-10-2-5-12-4-1-6-13(12)16/h12-13H,1-11,15H2. The number of nitrogens with two attached hydrogens (primary N) is 1. The number of piperidine rings is 1. The molecule has 3 aliphatic rings. The van der Waals surface area contributed by atoms with Crippen LogP contribution in [-0.2, 0) is 0 Å². The zero-order chi connectivity index (χ0) is 11.0. The van der Waals surface area contributed by atoms with Gasteiger partial charge >= 0.3 is 0 Å². The van der Waals surface area contributed by atoms with E-state index in [4.69, 9.17) is 5.73 Å². The molecule has 0 radical (unpaired) electrons. The van der Waals surface area contributed by atoms with Crippen LogP contribution in [0, 0.1) is 5.92 Å². The second-order valence-corrected chi connectivity index (χ2v) is 6.40. The normalized spacial score (nSPS) is 38.1. The molecule has 2 nitrogen and oxygen atoms in total. The van der Waals surface area contributed by atoms with Gasteiger partial charge in [-0.2, -0.15) is 0 Å². The highest BCUT2D eigenvalue weighted by atomic mass is 15.2. The summed E-state index contributed by atoms with van der Waals surface area (Å²) in [6.07, 6.45) is 12.5. The van der Waals surface area contributed by atoms with Gasteiger partial charge in [0.25, 0.3) is 0 Å². The summed E-state index contributed by atoms with van der Waals surface area (Å²) >= 11 is 0. The number of hydrogen-bond donors (Lipinski definition) is 1. The summed E-state index contributed by atoms with van der Waals surface area (Å²) in [6, 6.07) is 0.928. The van der Waals surface area contributed by atoms with Crippen molar-refractivity contribution in [2.75, 3.05) is 13.1 Å². The van der Waals surface area contributed by atoms with E-state index in [-0.39, 0.29) is 5.54 Å². The maximum atomic E-state index is 6.33. The van der Waals surface area contributed by atoms with Crippen LogP contribution in [0.25, 0.3) is 0 Å². The summed E-state index contributed by atoms with van der Waals surface area (Å²) in [6.45, 7) is 2.62. The molecule has 92 valence electrons. The van der Waals surface area contributed by atoms with Gasteiger partial charge in [-0.1, -0.05) is 6.42 Å². The van der Waals surface area contributed by atoms with Crippen molar-refractivity contribution in [2.24, 2.45) is 11.7 Å². The Kier molecular flexibility index (Phi) is 2.97. The van der Waals surface area contributed by atoms with Crippen molar-refractivity contribution >= 4 is 0 Å². The van der Waals surface area contributed by atoms with Crippen LogP contribution in [0.5, 0.6) is 0 Å². The molecular formula is C14H26N2. The second kappa shape index (κ2) is 4.30. The van der Waals surface area contributed by atoms with Crippen molar-refractivity contribution in [1.82, 2.24) is 4.90 Å². The summed E-state index contributed by atoms with van der Waals surface area (Å²) in [4.78, 5) is 2.77. The fraction of sp³-hybridized carbons (Fsp3) is 1.00. The van der Waals surface area contributed by atoms with Gasteiger partial charge in [0.1, 0.15) is 0 Å². The maximum absolute atomic E-state index is 6.33. The number of rotatable bonds is 3. The molecule has 2 atom stereocenters. The third kappa shape index (κ3) is 2.02.